The summed E-state index contributed by atoms with van der Waals surface area (Å²) in [6.45, 7) is 1.25. The monoisotopic (exact) mass is 388 g/mol. The highest BCUT2D eigenvalue weighted by molar-refractivity contribution is 5.95. The van der Waals surface area contributed by atoms with Gasteiger partial charge in [-0.05, 0) is 43.2 Å². The number of aromatic nitrogens is 2. The molecular weight excluding hydrogens is 369 g/mol. The van der Waals surface area contributed by atoms with Crippen molar-refractivity contribution in [3.63, 3.8) is 0 Å². The molecule has 0 aromatic carbocycles. The van der Waals surface area contributed by atoms with Crippen LogP contribution < -0.4 is 10.2 Å². The molecule has 1 fully saturated rings. The fourth-order valence-corrected chi connectivity index (χ4v) is 3.44. The van der Waals surface area contributed by atoms with Crippen molar-refractivity contribution in [2.45, 2.75) is 25.1 Å². The second kappa shape index (κ2) is 7.18. The van der Waals surface area contributed by atoms with E-state index in [4.69, 9.17) is 0 Å². The van der Waals surface area contributed by atoms with E-state index in [1.165, 1.54) is 6.07 Å². The second-order valence-corrected chi connectivity index (χ2v) is 6.90. The normalized spacial score (nSPS) is 15.8. The molecule has 8 heteroatoms. The van der Waals surface area contributed by atoms with E-state index < -0.39 is 11.7 Å². The number of amides is 1. The molecule has 3 aromatic heterocycles. The lowest BCUT2D eigenvalue weighted by Gasteiger charge is -2.33. The van der Waals surface area contributed by atoms with Gasteiger partial charge in [-0.25, -0.2) is 4.98 Å². The lowest BCUT2D eigenvalue weighted by Crippen LogP contribution is -2.44. The van der Waals surface area contributed by atoms with Crippen LogP contribution in [0.2, 0.25) is 0 Å². The number of hydrogen-bond donors (Lipinski definition) is 1. The van der Waals surface area contributed by atoms with Crippen molar-refractivity contribution in [3.8, 4) is 0 Å². The van der Waals surface area contributed by atoms with Gasteiger partial charge < -0.3 is 14.6 Å². The van der Waals surface area contributed by atoms with Gasteiger partial charge in [0.1, 0.15) is 5.82 Å². The maximum absolute atomic E-state index is 12.6. The van der Waals surface area contributed by atoms with Crippen molar-refractivity contribution < 1.29 is 18.0 Å². The van der Waals surface area contributed by atoms with E-state index in [1.807, 2.05) is 39.8 Å². The summed E-state index contributed by atoms with van der Waals surface area (Å²) in [5.41, 5.74) is 0.812. The third-order valence-electron chi connectivity index (χ3n) is 5.00. The Hall–Kier alpha value is -3.03. The van der Waals surface area contributed by atoms with Gasteiger partial charge in [0.25, 0.3) is 5.91 Å². The first-order valence-electron chi connectivity index (χ1n) is 9.06. The molecule has 1 aliphatic rings. The van der Waals surface area contributed by atoms with Crippen molar-refractivity contribution >= 4 is 17.2 Å². The fraction of sp³-hybridized carbons (Fsp3) is 0.300. The zero-order valence-electron chi connectivity index (χ0n) is 15.0. The quantitative estimate of drug-likeness (QED) is 0.744. The zero-order chi connectivity index (χ0) is 19.7. The summed E-state index contributed by atoms with van der Waals surface area (Å²) in [5, 5.41) is 3.05. The minimum Gasteiger partial charge on any atom is -0.356 e. The van der Waals surface area contributed by atoms with Crippen LogP contribution in [0.5, 0.6) is 0 Å². The summed E-state index contributed by atoms with van der Waals surface area (Å²) >= 11 is 0. The summed E-state index contributed by atoms with van der Waals surface area (Å²) in [6.07, 6.45) is 1.59. The van der Waals surface area contributed by atoms with Gasteiger partial charge in [-0.3, -0.25) is 4.79 Å². The van der Waals surface area contributed by atoms with Crippen LogP contribution in [-0.4, -0.2) is 34.4 Å². The first-order valence-corrected chi connectivity index (χ1v) is 9.06. The van der Waals surface area contributed by atoms with Crippen LogP contribution >= 0.6 is 0 Å². The molecule has 1 aliphatic heterocycles. The predicted octanol–water partition coefficient (Wildman–Crippen LogP) is 3.75. The molecule has 0 spiro atoms. The van der Waals surface area contributed by atoms with Crippen molar-refractivity contribution in [2.75, 3.05) is 18.0 Å². The number of rotatable bonds is 3. The van der Waals surface area contributed by atoms with E-state index in [9.17, 15) is 18.0 Å². The molecule has 28 heavy (non-hydrogen) atoms. The number of piperidine rings is 1. The Balaban J connectivity index is 1.34. The van der Waals surface area contributed by atoms with Gasteiger partial charge in [0, 0.05) is 43.2 Å². The van der Waals surface area contributed by atoms with Crippen molar-refractivity contribution in [1.82, 2.24) is 14.7 Å². The highest BCUT2D eigenvalue weighted by Gasteiger charge is 2.31. The second-order valence-electron chi connectivity index (χ2n) is 6.90. The Morgan fingerprint density at radius 3 is 2.57 bits per heavy atom. The minimum atomic E-state index is -4.38. The minimum absolute atomic E-state index is 0.0289. The Morgan fingerprint density at radius 1 is 1.14 bits per heavy atom. The Labute approximate surface area is 159 Å². The van der Waals surface area contributed by atoms with Gasteiger partial charge >= 0.3 is 6.18 Å². The summed E-state index contributed by atoms with van der Waals surface area (Å²) in [6, 6.07) is 10.1. The van der Waals surface area contributed by atoms with E-state index in [1.54, 1.807) is 6.20 Å². The number of anilines is 1. The van der Waals surface area contributed by atoms with Crippen LogP contribution in [0.3, 0.4) is 0 Å². The van der Waals surface area contributed by atoms with E-state index in [0.717, 1.165) is 17.8 Å². The zero-order valence-corrected chi connectivity index (χ0v) is 15.0. The van der Waals surface area contributed by atoms with Crippen molar-refractivity contribution in [1.29, 1.82) is 0 Å². The average molecular weight is 388 g/mol. The summed E-state index contributed by atoms with van der Waals surface area (Å²) in [7, 11) is 0. The topological polar surface area (TPSA) is 49.6 Å². The number of carbonyl (C=O) groups excluding carboxylic acids is 1. The molecule has 146 valence electrons. The van der Waals surface area contributed by atoms with E-state index in [0.29, 0.717) is 37.3 Å². The third kappa shape index (κ3) is 3.81. The molecule has 0 aliphatic carbocycles. The first-order chi connectivity index (χ1) is 13.4. The molecule has 1 saturated heterocycles. The number of hydrogen-bond acceptors (Lipinski definition) is 3. The number of nitrogens with one attached hydrogen (secondary N) is 1. The molecule has 0 atom stereocenters. The molecule has 1 N–H and O–H groups in total. The summed E-state index contributed by atoms with van der Waals surface area (Å²) < 4.78 is 39.8. The number of nitrogens with zero attached hydrogens (tertiary/aromatic N) is 3. The van der Waals surface area contributed by atoms with Crippen LogP contribution in [0.25, 0.3) is 5.52 Å². The van der Waals surface area contributed by atoms with Crippen LogP contribution in [0.4, 0.5) is 19.0 Å². The maximum atomic E-state index is 12.6. The van der Waals surface area contributed by atoms with E-state index in [2.05, 4.69) is 10.3 Å². The fourth-order valence-electron chi connectivity index (χ4n) is 3.44. The summed E-state index contributed by atoms with van der Waals surface area (Å²) in [4.78, 5) is 18.4. The largest absolute Gasteiger partial charge is 0.417 e. The van der Waals surface area contributed by atoms with Gasteiger partial charge in [0.2, 0.25) is 0 Å². The lowest BCUT2D eigenvalue weighted by molar-refractivity contribution is -0.137. The maximum Gasteiger partial charge on any atom is 0.417 e. The van der Waals surface area contributed by atoms with Crippen LogP contribution in [0, 0.1) is 0 Å². The first kappa shape index (κ1) is 18.3. The summed E-state index contributed by atoms with van der Waals surface area (Å²) in [5.74, 6) is 0.409. The average Bonchev–Trinajstić information content (AvgIpc) is 3.12. The molecule has 4 rings (SSSR count). The van der Waals surface area contributed by atoms with Gasteiger partial charge in [0.15, 0.2) is 0 Å². The molecule has 4 heterocycles. The molecule has 5 nitrogen and oxygen atoms in total. The molecule has 0 saturated carbocycles. The van der Waals surface area contributed by atoms with Crippen LogP contribution in [-0.2, 0) is 6.18 Å². The van der Waals surface area contributed by atoms with Crippen LogP contribution in [0.1, 0.15) is 28.8 Å². The Kier molecular flexibility index (Phi) is 4.70. The number of alkyl halides is 3. The van der Waals surface area contributed by atoms with Crippen LogP contribution in [0.15, 0.2) is 55.0 Å². The molecule has 0 bridgehead atoms. The smallest absolute Gasteiger partial charge is 0.356 e. The number of halogens is 3. The standard InChI is InChI=1S/C20H19F3N4O/c21-20(22,23)15-4-5-18(24-12-15)26-9-6-16(7-10-26)25-19(28)14-11-17-3-1-2-8-27(17)13-14/h1-5,8,11-13,16H,6-7,9-10H2,(H,25,28). The molecular formula is C20H19F3N4O. The highest BCUT2D eigenvalue weighted by atomic mass is 19.4. The Bertz CT molecular complexity index is 940. The highest BCUT2D eigenvalue weighted by Crippen LogP contribution is 2.29. The third-order valence-corrected chi connectivity index (χ3v) is 5.00. The van der Waals surface area contributed by atoms with Gasteiger partial charge in [-0.1, -0.05) is 6.07 Å². The van der Waals surface area contributed by atoms with E-state index >= 15 is 0 Å². The van der Waals surface area contributed by atoms with Crippen molar-refractivity contribution in [3.05, 3.63) is 66.1 Å². The lowest BCUT2D eigenvalue weighted by atomic mass is 10.0. The van der Waals surface area contributed by atoms with Crippen molar-refractivity contribution in [2.24, 2.45) is 0 Å². The number of pyridine rings is 2. The van der Waals surface area contributed by atoms with E-state index in [-0.39, 0.29) is 11.9 Å². The molecule has 0 radical (unpaired) electrons. The van der Waals surface area contributed by atoms with Gasteiger partial charge in [-0.15, -0.1) is 0 Å². The molecule has 0 unspecified atom stereocenters. The SMILES string of the molecule is O=C(NC1CCN(c2ccc(C(F)(F)F)cn2)CC1)c1cc2ccccn2c1. The number of carbonyl (C=O) groups is 1. The molecule has 1 amide bonds. The number of fused-ring (bicyclic) bond motifs is 1. The van der Waals surface area contributed by atoms with Gasteiger partial charge in [0.05, 0.1) is 11.1 Å². The Morgan fingerprint density at radius 2 is 1.93 bits per heavy atom. The van der Waals surface area contributed by atoms with Gasteiger partial charge in [-0.2, -0.15) is 13.2 Å². The molecule has 3 aromatic rings. The predicted molar refractivity (Wildman–Crippen MR) is 99.3 cm³/mol.